The van der Waals surface area contributed by atoms with Gasteiger partial charge in [-0.15, -0.1) is 0 Å². The summed E-state index contributed by atoms with van der Waals surface area (Å²) in [5, 5.41) is 13.5. The van der Waals surface area contributed by atoms with Crippen molar-refractivity contribution >= 4 is 15.9 Å². The Balaban J connectivity index is 2.83. The Labute approximate surface area is 118 Å². The van der Waals surface area contributed by atoms with Gasteiger partial charge in [0.2, 0.25) is 0 Å². The number of hydrogen-bond donors (Lipinski definition) is 1. The highest BCUT2D eigenvalue weighted by Gasteiger charge is 2.16. The maximum Gasteiger partial charge on any atom is 0.0767 e. The molecule has 0 radical (unpaired) electrons. The zero-order valence-corrected chi connectivity index (χ0v) is 13.2. The van der Waals surface area contributed by atoms with Crippen LogP contribution in [0.4, 0.5) is 0 Å². The van der Waals surface area contributed by atoms with E-state index in [0.717, 1.165) is 49.2 Å². The van der Waals surface area contributed by atoms with E-state index in [4.69, 9.17) is 5.11 Å². The number of hydrogen-bond acceptors (Lipinski definition) is 3. The Morgan fingerprint density at radius 1 is 1.33 bits per heavy atom. The van der Waals surface area contributed by atoms with Crippen molar-refractivity contribution in [2.24, 2.45) is 0 Å². The lowest BCUT2D eigenvalue weighted by Gasteiger charge is -2.20. The molecule has 1 aromatic heterocycles. The lowest BCUT2D eigenvalue weighted by atomic mass is 10.3. The molecule has 0 aliphatic heterocycles. The van der Waals surface area contributed by atoms with Gasteiger partial charge >= 0.3 is 0 Å². The van der Waals surface area contributed by atoms with Gasteiger partial charge in [-0.1, -0.05) is 13.8 Å². The van der Waals surface area contributed by atoms with Crippen molar-refractivity contribution in [3.05, 3.63) is 15.9 Å². The van der Waals surface area contributed by atoms with E-state index in [1.807, 2.05) is 0 Å². The number of halogens is 1. The lowest BCUT2D eigenvalue weighted by Crippen LogP contribution is -2.26. The fourth-order valence-electron chi connectivity index (χ4n) is 2.02. The third-order valence-electron chi connectivity index (χ3n) is 3.15. The quantitative estimate of drug-likeness (QED) is 0.800. The van der Waals surface area contributed by atoms with Gasteiger partial charge in [0.1, 0.15) is 0 Å². The van der Waals surface area contributed by atoms with Gasteiger partial charge in [0.15, 0.2) is 0 Å². The second kappa shape index (κ2) is 7.92. The molecule has 1 heterocycles. The van der Waals surface area contributed by atoms with Gasteiger partial charge in [0, 0.05) is 26.2 Å². The fourth-order valence-corrected chi connectivity index (χ4v) is 2.71. The van der Waals surface area contributed by atoms with Crippen LogP contribution < -0.4 is 0 Å². The Morgan fingerprint density at radius 3 is 2.56 bits per heavy atom. The van der Waals surface area contributed by atoms with Gasteiger partial charge in [0.05, 0.1) is 15.9 Å². The molecule has 0 spiro atoms. The summed E-state index contributed by atoms with van der Waals surface area (Å²) in [7, 11) is 0. The van der Waals surface area contributed by atoms with E-state index < -0.39 is 0 Å². The third-order valence-corrected chi connectivity index (χ3v) is 4.06. The molecule has 0 atom stereocenters. The molecule has 18 heavy (non-hydrogen) atoms. The molecular weight excluding hydrogens is 294 g/mol. The van der Waals surface area contributed by atoms with Crippen LogP contribution in [0.3, 0.4) is 0 Å². The van der Waals surface area contributed by atoms with Crippen LogP contribution >= 0.6 is 15.9 Å². The summed E-state index contributed by atoms with van der Waals surface area (Å²) in [5.74, 6) is 0. The van der Waals surface area contributed by atoms with Crippen molar-refractivity contribution in [3.8, 4) is 0 Å². The minimum absolute atomic E-state index is 0.255. The number of aliphatic hydroxyl groups excluding tert-OH is 1. The predicted molar refractivity (Wildman–Crippen MR) is 77.6 cm³/mol. The topological polar surface area (TPSA) is 41.3 Å². The van der Waals surface area contributed by atoms with E-state index in [-0.39, 0.29) is 6.61 Å². The number of aromatic nitrogens is 2. The first-order valence-corrected chi connectivity index (χ1v) is 7.54. The monoisotopic (exact) mass is 317 g/mol. The second-order valence-electron chi connectivity index (χ2n) is 4.32. The first-order chi connectivity index (χ1) is 8.67. The van der Waals surface area contributed by atoms with Crippen LogP contribution in [0.15, 0.2) is 4.47 Å². The summed E-state index contributed by atoms with van der Waals surface area (Å²) < 4.78 is 3.22. The van der Waals surface area contributed by atoms with E-state index in [1.54, 1.807) is 0 Å². The average molecular weight is 318 g/mol. The van der Waals surface area contributed by atoms with Gasteiger partial charge in [-0.25, -0.2) is 0 Å². The largest absolute Gasteiger partial charge is 0.396 e. The van der Waals surface area contributed by atoms with Gasteiger partial charge in [-0.05, 0) is 42.2 Å². The van der Waals surface area contributed by atoms with Gasteiger partial charge < -0.3 is 5.11 Å². The summed E-state index contributed by atoms with van der Waals surface area (Å²) in [5.41, 5.74) is 2.37. The number of aliphatic hydroxyl groups is 1. The van der Waals surface area contributed by atoms with Crippen LogP contribution in [0.25, 0.3) is 0 Å². The minimum Gasteiger partial charge on any atom is -0.396 e. The SMILES string of the molecule is CCc1nn(CC)c(CN(CC)CCCO)c1Br. The van der Waals surface area contributed by atoms with Crippen molar-refractivity contribution in [1.29, 1.82) is 0 Å². The summed E-state index contributed by atoms with van der Waals surface area (Å²) in [6, 6.07) is 0. The van der Waals surface area contributed by atoms with Crippen molar-refractivity contribution < 1.29 is 5.11 Å². The maximum absolute atomic E-state index is 8.92. The Morgan fingerprint density at radius 2 is 2.06 bits per heavy atom. The molecule has 0 amide bonds. The van der Waals surface area contributed by atoms with E-state index in [1.165, 1.54) is 5.69 Å². The van der Waals surface area contributed by atoms with Crippen LogP contribution in [-0.2, 0) is 19.5 Å². The summed E-state index contributed by atoms with van der Waals surface area (Å²) in [6.07, 6.45) is 1.77. The second-order valence-corrected chi connectivity index (χ2v) is 5.12. The van der Waals surface area contributed by atoms with Crippen molar-refractivity contribution in [1.82, 2.24) is 14.7 Å². The average Bonchev–Trinajstić information content (AvgIpc) is 2.70. The first kappa shape index (κ1) is 15.7. The molecule has 4 nitrogen and oxygen atoms in total. The van der Waals surface area contributed by atoms with Crippen molar-refractivity contribution in [2.75, 3.05) is 19.7 Å². The van der Waals surface area contributed by atoms with Gasteiger partial charge in [-0.2, -0.15) is 5.10 Å². The third kappa shape index (κ3) is 3.80. The number of aryl methyl sites for hydroxylation is 2. The molecule has 0 bridgehead atoms. The highest BCUT2D eigenvalue weighted by atomic mass is 79.9. The molecule has 0 saturated heterocycles. The molecule has 0 saturated carbocycles. The van der Waals surface area contributed by atoms with Gasteiger partial charge in [0.25, 0.3) is 0 Å². The normalized spacial score (nSPS) is 11.4. The molecule has 0 aliphatic carbocycles. The standard InChI is InChI=1S/C13H24BrN3O/c1-4-11-13(14)12(17(6-3)15-11)10-16(5-2)8-7-9-18/h18H,4-10H2,1-3H3. The van der Waals surface area contributed by atoms with E-state index >= 15 is 0 Å². The Hall–Kier alpha value is -0.390. The molecule has 1 rings (SSSR count). The highest BCUT2D eigenvalue weighted by molar-refractivity contribution is 9.10. The lowest BCUT2D eigenvalue weighted by molar-refractivity contribution is 0.221. The molecule has 0 aromatic carbocycles. The van der Waals surface area contributed by atoms with Crippen LogP contribution in [0.2, 0.25) is 0 Å². The van der Waals surface area contributed by atoms with Crippen LogP contribution in [0, 0.1) is 0 Å². The van der Waals surface area contributed by atoms with Crippen molar-refractivity contribution in [3.63, 3.8) is 0 Å². The molecule has 104 valence electrons. The summed E-state index contributed by atoms with van der Waals surface area (Å²) in [4.78, 5) is 2.34. The molecule has 1 N–H and O–H groups in total. The van der Waals surface area contributed by atoms with Crippen molar-refractivity contribution in [2.45, 2.75) is 46.7 Å². The molecule has 0 aliphatic rings. The summed E-state index contributed by atoms with van der Waals surface area (Å²) >= 11 is 3.67. The summed E-state index contributed by atoms with van der Waals surface area (Å²) in [6.45, 7) is 10.3. The van der Waals surface area contributed by atoms with E-state index in [9.17, 15) is 0 Å². The smallest absolute Gasteiger partial charge is 0.0767 e. The van der Waals surface area contributed by atoms with Crippen LogP contribution in [0.1, 0.15) is 38.6 Å². The molecule has 5 heteroatoms. The van der Waals surface area contributed by atoms with Gasteiger partial charge in [-0.3, -0.25) is 9.58 Å². The van der Waals surface area contributed by atoms with Crippen LogP contribution in [-0.4, -0.2) is 39.5 Å². The molecule has 0 fully saturated rings. The predicted octanol–water partition coefficient (Wildman–Crippen LogP) is 2.43. The molecule has 0 unspecified atom stereocenters. The zero-order chi connectivity index (χ0) is 13.5. The Bertz CT molecular complexity index is 365. The Kier molecular flexibility index (Phi) is 6.89. The number of rotatable bonds is 8. The van der Waals surface area contributed by atoms with E-state index in [2.05, 4.69) is 51.4 Å². The van der Waals surface area contributed by atoms with Crippen LogP contribution in [0.5, 0.6) is 0 Å². The highest BCUT2D eigenvalue weighted by Crippen LogP contribution is 2.23. The minimum atomic E-state index is 0.255. The number of nitrogens with zero attached hydrogens (tertiary/aromatic N) is 3. The zero-order valence-electron chi connectivity index (χ0n) is 11.6. The van der Waals surface area contributed by atoms with E-state index in [0.29, 0.717) is 0 Å². The molecule has 1 aromatic rings. The first-order valence-electron chi connectivity index (χ1n) is 6.75. The maximum atomic E-state index is 8.92. The molecular formula is C13H24BrN3O. The fraction of sp³-hybridized carbons (Fsp3) is 0.769.